The summed E-state index contributed by atoms with van der Waals surface area (Å²) in [5.74, 6) is -0.898. The molecule has 1 heterocycles. The fourth-order valence-electron chi connectivity index (χ4n) is 3.48. The summed E-state index contributed by atoms with van der Waals surface area (Å²) in [5.41, 5.74) is -0.0965. The van der Waals surface area contributed by atoms with Gasteiger partial charge in [-0.1, -0.05) is 23.9 Å². The van der Waals surface area contributed by atoms with Crippen LogP contribution in [0.5, 0.6) is 5.75 Å². The maximum atomic E-state index is 13.4. The van der Waals surface area contributed by atoms with Gasteiger partial charge in [-0.25, -0.2) is 4.39 Å². The first-order valence-electron chi connectivity index (χ1n) is 11.4. The van der Waals surface area contributed by atoms with E-state index in [9.17, 15) is 27.2 Å². The van der Waals surface area contributed by atoms with Gasteiger partial charge in [0.15, 0.2) is 11.0 Å². The summed E-state index contributed by atoms with van der Waals surface area (Å²) in [6, 6.07) is 16.2. The molecule has 0 aliphatic carbocycles. The fourth-order valence-corrected chi connectivity index (χ4v) is 4.25. The van der Waals surface area contributed by atoms with E-state index >= 15 is 0 Å². The van der Waals surface area contributed by atoms with E-state index in [-0.39, 0.29) is 29.0 Å². The third-order valence-corrected chi connectivity index (χ3v) is 6.26. The average molecular weight is 560 g/mol. The van der Waals surface area contributed by atoms with Gasteiger partial charge < -0.3 is 15.4 Å². The summed E-state index contributed by atoms with van der Waals surface area (Å²) in [6.07, 6.45) is -4.59. The van der Waals surface area contributed by atoms with Gasteiger partial charge in [-0.3, -0.25) is 14.2 Å². The molecule has 0 fully saturated rings. The molecule has 202 valence electrons. The molecule has 2 amide bonds. The Morgan fingerprint density at radius 1 is 1.00 bits per heavy atom. The van der Waals surface area contributed by atoms with Crippen LogP contribution in [0.4, 0.5) is 23.2 Å². The van der Waals surface area contributed by atoms with Crippen molar-refractivity contribution in [2.75, 3.05) is 18.2 Å². The quantitative estimate of drug-likeness (QED) is 0.219. The van der Waals surface area contributed by atoms with Crippen molar-refractivity contribution in [3.63, 3.8) is 0 Å². The molecule has 0 atom stereocenters. The number of anilines is 1. The molecule has 0 unspecified atom stereocenters. The van der Waals surface area contributed by atoms with Crippen molar-refractivity contribution in [3.05, 3.63) is 95.6 Å². The van der Waals surface area contributed by atoms with Crippen LogP contribution < -0.4 is 15.4 Å². The molecule has 0 bridgehead atoms. The third kappa shape index (κ3) is 7.13. The molecule has 0 radical (unpaired) electrons. The molecule has 39 heavy (non-hydrogen) atoms. The Balaban J connectivity index is 1.56. The zero-order chi connectivity index (χ0) is 28.0. The van der Waals surface area contributed by atoms with E-state index in [1.807, 2.05) is 0 Å². The smallest absolute Gasteiger partial charge is 0.416 e. The SMILES string of the molecule is COc1cccc(C(=O)NCc2nnc(SCC(=O)Nc3ccc(F)cc3)n2-c2cccc(C(F)(F)F)c2)c1. The number of carbonyl (C=O) groups is 2. The topological polar surface area (TPSA) is 98.1 Å². The normalized spacial score (nSPS) is 11.2. The first-order valence-corrected chi connectivity index (χ1v) is 12.3. The van der Waals surface area contributed by atoms with Gasteiger partial charge in [-0.15, -0.1) is 10.2 Å². The molecule has 13 heteroatoms. The lowest BCUT2D eigenvalue weighted by Gasteiger charge is -2.13. The number of nitrogens with one attached hydrogen (secondary N) is 2. The Morgan fingerprint density at radius 2 is 1.74 bits per heavy atom. The van der Waals surface area contributed by atoms with Crippen molar-refractivity contribution in [2.24, 2.45) is 0 Å². The lowest BCUT2D eigenvalue weighted by atomic mass is 10.2. The maximum Gasteiger partial charge on any atom is 0.416 e. The van der Waals surface area contributed by atoms with Crippen LogP contribution in [0.15, 0.2) is 78.0 Å². The molecule has 0 aliphatic rings. The van der Waals surface area contributed by atoms with Crippen LogP contribution in [0.1, 0.15) is 21.7 Å². The molecule has 4 aromatic rings. The second kappa shape index (κ2) is 12.0. The summed E-state index contributed by atoms with van der Waals surface area (Å²) in [5, 5.41) is 13.5. The molecule has 8 nitrogen and oxygen atoms in total. The van der Waals surface area contributed by atoms with Crippen molar-refractivity contribution < 1.29 is 31.9 Å². The zero-order valence-corrected chi connectivity index (χ0v) is 21.1. The maximum absolute atomic E-state index is 13.4. The number of amides is 2. The van der Waals surface area contributed by atoms with Gasteiger partial charge in [0.2, 0.25) is 5.91 Å². The number of carbonyl (C=O) groups excluding carboxylic acids is 2. The Hall–Kier alpha value is -4.39. The number of hydrogen-bond acceptors (Lipinski definition) is 6. The number of halogens is 4. The number of aromatic nitrogens is 3. The van der Waals surface area contributed by atoms with E-state index in [0.29, 0.717) is 17.0 Å². The highest BCUT2D eigenvalue weighted by atomic mass is 32.2. The van der Waals surface area contributed by atoms with E-state index in [4.69, 9.17) is 4.74 Å². The Bertz CT molecular complexity index is 1480. The summed E-state index contributed by atoms with van der Waals surface area (Å²) < 4.78 is 59.8. The minimum atomic E-state index is -4.59. The lowest BCUT2D eigenvalue weighted by molar-refractivity contribution is -0.137. The Labute approximate surface area is 224 Å². The van der Waals surface area contributed by atoms with E-state index in [1.165, 1.54) is 54.1 Å². The summed E-state index contributed by atoms with van der Waals surface area (Å²) >= 11 is 0.935. The van der Waals surface area contributed by atoms with Gasteiger partial charge in [0.1, 0.15) is 11.6 Å². The highest BCUT2D eigenvalue weighted by Crippen LogP contribution is 2.31. The molecule has 2 N–H and O–H groups in total. The van der Waals surface area contributed by atoms with E-state index in [1.54, 1.807) is 18.2 Å². The lowest BCUT2D eigenvalue weighted by Crippen LogP contribution is -2.24. The van der Waals surface area contributed by atoms with Crippen molar-refractivity contribution in [1.29, 1.82) is 0 Å². The van der Waals surface area contributed by atoms with Crippen LogP contribution >= 0.6 is 11.8 Å². The van der Waals surface area contributed by atoms with Gasteiger partial charge in [0.25, 0.3) is 5.91 Å². The third-order valence-electron chi connectivity index (χ3n) is 5.33. The predicted molar refractivity (Wildman–Crippen MR) is 136 cm³/mol. The molecule has 0 saturated carbocycles. The number of benzene rings is 3. The van der Waals surface area contributed by atoms with Gasteiger partial charge in [0, 0.05) is 11.3 Å². The van der Waals surface area contributed by atoms with Gasteiger partial charge in [0.05, 0.1) is 30.7 Å². The molecule has 3 aromatic carbocycles. The average Bonchev–Trinajstić information content (AvgIpc) is 3.34. The molecular formula is C26H21F4N5O3S. The first kappa shape index (κ1) is 27.6. The highest BCUT2D eigenvalue weighted by molar-refractivity contribution is 7.99. The van der Waals surface area contributed by atoms with Crippen molar-refractivity contribution in [2.45, 2.75) is 17.9 Å². The van der Waals surface area contributed by atoms with E-state index in [2.05, 4.69) is 20.8 Å². The van der Waals surface area contributed by atoms with Crippen LogP contribution in [-0.2, 0) is 17.5 Å². The summed E-state index contributed by atoms with van der Waals surface area (Å²) in [6.45, 7) is -0.165. The minimum absolute atomic E-state index is 0.0990. The number of methoxy groups -OCH3 is 1. The molecule has 0 saturated heterocycles. The summed E-state index contributed by atoms with van der Waals surface area (Å²) in [7, 11) is 1.47. The fraction of sp³-hybridized carbons (Fsp3) is 0.154. The van der Waals surface area contributed by atoms with Crippen LogP contribution in [-0.4, -0.2) is 39.4 Å². The number of thioether (sulfide) groups is 1. The van der Waals surface area contributed by atoms with Gasteiger partial charge in [-0.05, 0) is 60.7 Å². The minimum Gasteiger partial charge on any atom is -0.497 e. The molecule has 0 aliphatic heterocycles. The monoisotopic (exact) mass is 559 g/mol. The first-order chi connectivity index (χ1) is 18.6. The number of nitrogens with zero attached hydrogens (tertiary/aromatic N) is 3. The van der Waals surface area contributed by atoms with Crippen LogP contribution in [0.2, 0.25) is 0 Å². The van der Waals surface area contributed by atoms with Crippen LogP contribution in [0, 0.1) is 5.82 Å². The highest BCUT2D eigenvalue weighted by Gasteiger charge is 2.31. The summed E-state index contributed by atoms with van der Waals surface area (Å²) in [4.78, 5) is 25.1. The molecule has 1 aromatic heterocycles. The standard InChI is InChI=1S/C26H21F4N5O3S/c1-38-21-7-2-4-16(12-21)24(37)31-14-22-33-34-25(35(22)20-6-3-5-17(13-20)26(28,29)30)39-15-23(36)32-19-10-8-18(27)9-11-19/h2-13H,14-15H2,1H3,(H,31,37)(H,32,36). The van der Waals surface area contributed by atoms with Gasteiger partial charge in [-0.2, -0.15) is 13.2 Å². The largest absolute Gasteiger partial charge is 0.497 e. The van der Waals surface area contributed by atoms with Crippen LogP contribution in [0.3, 0.4) is 0 Å². The van der Waals surface area contributed by atoms with E-state index < -0.39 is 29.4 Å². The number of rotatable bonds is 9. The Morgan fingerprint density at radius 3 is 2.46 bits per heavy atom. The predicted octanol–water partition coefficient (Wildman–Crippen LogP) is 5.09. The number of hydrogen-bond donors (Lipinski definition) is 2. The Kier molecular flexibility index (Phi) is 8.49. The number of ether oxygens (including phenoxy) is 1. The van der Waals surface area contributed by atoms with Crippen molar-refractivity contribution >= 4 is 29.3 Å². The molecular weight excluding hydrogens is 538 g/mol. The van der Waals surface area contributed by atoms with Crippen molar-refractivity contribution in [3.8, 4) is 11.4 Å². The van der Waals surface area contributed by atoms with Crippen molar-refractivity contribution in [1.82, 2.24) is 20.1 Å². The van der Waals surface area contributed by atoms with E-state index in [0.717, 1.165) is 23.9 Å². The molecule has 4 rings (SSSR count). The second-order valence-electron chi connectivity index (χ2n) is 8.04. The van der Waals surface area contributed by atoms with Gasteiger partial charge >= 0.3 is 6.18 Å². The number of alkyl halides is 3. The second-order valence-corrected chi connectivity index (χ2v) is 8.98. The van der Waals surface area contributed by atoms with Crippen LogP contribution in [0.25, 0.3) is 5.69 Å². The molecule has 0 spiro atoms. The zero-order valence-electron chi connectivity index (χ0n) is 20.3.